The fourth-order valence-corrected chi connectivity index (χ4v) is 4.66. The van der Waals surface area contributed by atoms with Crippen LogP contribution in [0.5, 0.6) is 0 Å². The predicted molar refractivity (Wildman–Crippen MR) is 96.2 cm³/mol. The van der Waals surface area contributed by atoms with E-state index in [2.05, 4.69) is 12.2 Å². The normalized spacial score (nSPS) is 24.6. The van der Waals surface area contributed by atoms with Gasteiger partial charge in [0.15, 0.2) is 0 Å². The molecule has 25 heavy (non-hydrogen) atoms. The molecule has 1 aliphatic heterocycles. The Morgan fingerprint density at radius 3 is 2.44 bits per heavy atom. The van der Waals surface area contributed by atoms with Gasteiger partial charge in [-0.25, -0.2) is 23.5 Å². The van der Waals surface area contributed by atoms with Crippen molar-refractivity contribution in [1.29, 1.82) is 0 Å². The average Bonchev–Trinajstić information content (AvgIpc) is 2.89. The van der Waals surface area contributed by atoms with Crippen LogP contribution in [0.4, 0.5) is 0 Å². The van der Waals surface area contributed by atoms with Crippen LogP contribution in [0.25, 0.3) is 5.69 Å². The number of benzene rings is 1. The molecule has 5 heteroatoms. The standard InChI is InChI=1S/C20H21N3O2/c24-19-21(15-7-2-1-3-8-15)20(25)23-18-13-12-16(22(19)23)11-10-14-6-4-5-9-17(14)18/h1-3,7-8,12-13,16,18H,4-6,9-11H2/t16-,18-/m1/s1. The molecule has 2 atom stereocenters. The molecular formula is C20H21N3O2. The van der Waals surface area contributed by atoms with Gasteiger partial charge in [-0.3, -0.25) is 0 Å². The van der Waals surface area contributed by atoms with Crippen molar-refractivity contribution in [3.05, 3.63) is 74.6 Å². The Morgan fingerprint density at radius 2 is 1.60 bits per heavy atom. The molecule has 1 aromatic carbocycles. The second kappa shape index (κ2) is 5.48. The summed E-state index contributed by atoms with van der Waals surface area (Å²) < 4.78 is 4.72. The Morgan fingerprint density at radius 1 is 0.840 bits per heavy atom. The first-order valence-electron chi connectivity index (χ1n) is 9.16. The van der Waals surface area contributed by atoms with E-state index in [1.54, 1.807) is 9.36 Å². The lowest BCUT2D eigenvalue weighted by molar-refractivity contribution is 0.332. The lowest BCUT2D eigenvalue weighted by Gasteiger charge is -2.35. The molecule has 0 amide bonds. The number of rotatable bonds is 1. The van der Waals surface area contributed by atoms with E-state index < -0.39 is 0 Å². The zero-order valence-electron chi connectivity index (χ0n) is 14.1. The van der Waals surface area contributed by atoms with Crippen molar-refractivity contribution in [3.8, 4) is 5.69 Å². The summed E-state index contributed by atoms with van der Waals surface area (Å²) in [5, 5.41) is 0. The average molecular weight is 335 g/mol. The molecule has 128 valence electrons. The van der Waals surface area contributed by atoms with Crippen molar-refractivity contribution >= 4 is 0 Å². The van der Waals surface area contributed by atoms with Crippen molar-refractivity contribution < 1.29 is 0 Å². The highest BCUT2D eigenvalue weighted by Crippen LogP contribution is 2.40. The topological polar surface area (TPSA) is 48.9 Å². The van der Waals surface area contributed by atoms with Gasteiger partial charge in [0, 0.05) is 0 Å². The smallest absolute Gasteiger partial charge is 0.245 e. The Bertz CT molecular complexity index is 1000. The van der Waals surface area contributed by atoms with Crippen molar-refractivity contribution in [3.63, 3.8) is 0 Å². The summed E-state index contributed by atoms with van der Waals surface area (Å²) in [6.07, 6.45) is 10.8. The maximum atomic E-state index is 13.2. The van der Waals surface area contributed by atoms with Crippen LogP contribution >= 0.6 is 0 Å². The van der Waals surface area contributed by atoms with Gasteiger partial charge in [-0.15, -0.1) is 0 Å². The van der Waals surface area contributed by atoms with E-state index in [1.165, 1.54) is 28.6 Å². The zero-order chi connectivity index (χ0) is 17.0. The lowest BCUT2D eigenvalue weighted by atomic mass is 9.82. The van der Waals surface area contributed by atoms with E-state index >= 15 is 0 Å². The highest BCUT2D eigenvalue weighted by molar-refractivity contribution is 5.33. The first kappa shape index (κ1) is 14.8. The van der Waals surface area contributed by atoms with Gasteiger partial charge < -0.3 is 0 Å². The molecule has 2 bridgehead atoms. The van der Waals surface area contributed by atoms with Gasteiger partial charge in [-0.2, -0.15) is 0 Å². The predicted octanol–water partition coefficient (Wildman–Crippen LogP) is 3.12. The number of nitrogens with zero attached hydrogens (tertiary/aromatic N) is 3. The molecule has 5 nitrogen and oxygen atoms in total. The quantitative estimate of drug-likeness (QED) is 0.752. The molecular weight excluding hydrogens is 314 g/mol. The maximum Gasteiger partial charge on any atom is 0.352 e. The van der Waals surface area contributed by atoms with Crippen molar-refractivity contribution in [2.45, 2.75) is 50.6 Å². The Hall–Kier alpha value is -2.56. The van der Waals surface area contributed by atoms with Crippen molar-refractivity contribution in [1.82, 2.24) is 13.9 Å². The molecule has 0 N–H and O–H groups in total. The minimum Gasteiger partial charge on any atom is -0.245 e. The van der Waals surface area contributed by atoms with Crippen LogP contribution in [0.3, 0.4) is 0 Å². The van der Waals surface area contributed by atoms with Crippen molar-refractivity contribution in [2.24, 2.45) is 0 Å². The highest BCUT2D eigenvalue weighted by Gasteiger charge is 2.34. The number of allylic oxidation sites excluding steroid dienone is 4. The van der Waals surface area contributed by atoms with E-state index in [0.717, 1.165) is 25.7 Å². The SMILES string of the molecule is O=c1n(-c2ccccc2)c(=O)n2n1[C@@H]1C=C[C@H]2CCC2=C1CCCC2. The van der Waals surface area contributed by atoms with Gasteiger partial charge in [0.1, 0.15) is 0 Å². The van der Waals surface area contributed by atoms with Gasteiger partial charge in [-0.1, -0.05) is 35.9 Å². The Balaban J connectivity index is 1.78. The monoisotopic (exact) mass is 335 g/mol. The first-order chi connectivity index (χ1) is 12.3. The minimum absolute atomic E-state index is 0.0302. The fraction of sp³-hybridized carbons (Fsp3) is 0.400. The number of hydrogen-bond donors (Lipinski definition) is 0. The Kier molecular flexibility index (Phi) is 3.23. The molecule has 5 rings (SSSR count). The van der Waals surface area contributed by atoms with Gasteiger partial charge in [0.25, 0.3) is 0 Å². The fourth-order valence-electron chi connectivity index (χ4n) is 4.66. The third-order valence-corrected chi connectivity index (χ3v) is 5.84. The van der Waals surface area contributed by atoms with Crippen LogP contribution in [0.2, 0.25) is 0 Å². The summed E-state index contributed by atoms with van der Waals surface area (Å²) in [6.45, 7) is 0. The van der Waals surface area contributed by atoms with Crippen LogP contribution in [-0.2, 0) is 0 Å². The number of aromatic nitrogens is 3. The first-order valence-corrected chi connectivity index (χ1v) is 9.16. The van der Waals surface area contributed by atoms with Crippen LogP contribution in [0.1, 0.15) is 50.6 Å². The van der Waals surface area contributed by atoms with E-state index in [1.807, 2.05) is 30.3 Å². The summed E-state index contributed by atoms with van der Waals surface area (Å²) in [5.41, 5.74) is 3.07. The molecule has 1 aromatic heterocycles. The van der Waals surface area contributed by atoms with Gasteiger partial charge in [0.05, 0.1) is 17.8 Å². The molecule has 2 heterocycles. The van der Waals surface area contributed by atoms with Gasteiger partial charge in [0.2, 0.25) is 0 Å². The largest absolute Gasteiger partial charge is 0.352 e. The van der Waals surface area contributed by atoms with Crippen LogP contribution in [0.15, 0.2) is 63.2 Å². The zero-order valence-corrected chi connectivity index (χ0v) is 14.1. The summed E-state index contributed by atoms with van der Waals surface area (Å²) in [5.74, 6) is 0. The molecule has 0 fully saturated rings. The third-order valence-electron chi connectivity index (χ3n) is 5.84. The second-order valence-electron chi connectivity index (χ2n) is 7.20. The van der Waals surface area contributed by atoms with Crippen molar-refractivity contribution in [2.75, 3.05) is 0 Å². The van der Waals surface area contributed by atoms with Gasteiger partial charge >= 0.3 is 11.4 Å². The maximum absolute atomic E-state index is 13.2. The molecule has 0 saturated heterocycles. The minimum atomic E-state index is -0.227. The van der Waals surface area contributed by atoms with E-state index in [4.69, 9.17) is 0 Å². The summed E-state index contributed by atoms with van der Waals surface area (Å²) in [7, 11) is 0. The van der Waals surface area contributed by atoms with E-state index in [-0.39, 0.29) is 23.5 Å². The number of para-hydroxylation sites is 1. The molecule has 2 aromatic rings. The highest BCUT2D eigenvalue weighted by atomic mass is 16.2. The number of fused-ring (bicyclic) bond motifs is 6. The van der Waals surface area contributed by atoms with E-state index in [9.17, 15) is 9.59 Å². The van der Waals surface area contributed by atoms with Crippen LogP contribution in [-0.4, -0.2) is 13.9 Å². The molecule has 0 radical (unpaired) electrons. The van der Waals surface area contributed by atoms with E-state index in [0.29, 0.717) is 5.69 Å². The molecule has 3 aliphatic rings. The number of hydrogen-bond acceptors (Lipinski definition) is 2. The molecule has 0 spiro atoms. The second-order valence-corrected chi connectivity index (χ2v) is 7.20. The lowest BCUT2D eigenvalue weighted by Crippen LogP contribution is -2.37. The summed E-state index contributed by atoms with van der Waals surface area (Å²) in [4.78, 5) is 26.3. The van der Waals surface area contributed by atoms with Crippen LogP contribution < -0.4 is 11.4 Å². The van der Waals surface area contributed by atoms with Crippen LogP contribution in [0, 0.1) is 0 Å². The molecule has 2 aliphatic carbocycles. The third kappa shape index (κ3) is 2.08. The molecule has 0 unspecified atom stereocenters. The summed E-state index contributed by atoms with van der Waals surface area (Å²) >= 11 is 0. The Labute approximate surface area is 145 Å². The van der Waals surface area contributed by atoms with Gasteiger partial charge in [-0.05, 0) is 56.2 Å². The molecule has 0 saturated carbocycles. The summed E-state index contributed by atoms with van der Waals surface area (Å²) in [6, 6.07) is 9.11.